The molecule has 0 radical (unpaired) electrons. The molecule has 0 bridgehead atoms. The molecule has 5 nitrogen and oxygen atoms in total. The van der Waals surface area contributed by atoms with Crippen LogP contribution in [-0.4, -0.2) is 11.9 Å². The number of furan rings is 1. The minimum absolute atomic E-state index is 0.273. The fourth-order valence-corrected chi connectivity index (χ4v) is 1.94. The van der Waals surface area contributed by atoms with E-state index in [4.69, 9.17) is 4.42 Å². The van der Waals surface area contributed by atoms with Gasteiger partial charge in [0.1, 0.15) is 11.5 Å². The number of aryl methyl sites for hydroxylation is 2. The van der Waals surface area contributed by atoms with Gasteiger partial charge in [0.2, 0.25) is 0 Å². The first-order valence-corrected chi connectivity index (χ1v) is 6.33. The first-order chi connectivity index (χ1) is 9.95. The molecule has 108 valence electrons. The van der Waals surface area contributed by atoms with Crippen LogP contribution in [0.15, 0.2) is 40.8 Å². The van der Waals surface area contributed by atoms with Crippen molar-refractivity contribution in [1.82, 2.24) is 0 Å². The summed E-state index contributed by atoms with van der Waals surface area (Å²) >= 11 is 0. The number of rotatable bonds is 4. The molecule has 1 aromatic carbocycles. The predicted octanol–water partition coefficient (Wildman–Crippen LogP) is 1.91. The number of carboxylic acids is 1. The standard InChI is InChI=1S/C16H15NO4/c1-10-8-14(11(2)21-10)16(20)17-13-5-3-4-12(9-13)6-7-15(18)19/h3-9H,1-2H3,(H,17,20)(H,18,19)/p-1/b7-6+. The topological polar surface area (TPSA) is 82.4 Å². The fraction of sp³-hybridized carbons (Fsp3) is 0.125. The number of anilines is 1. The summed E-state index contributed by atoms with van der Waals surface area (Å²) in [6.07, 6.45) is 2.34. The van der Waals surface area contributed by atoms with Gasteiger partial charge in [-0.15, -0.1) is 0 Å². The Kier molecular flexibility index (Phi) is 4.23. The highest BCUT2D eigenvalue weighted by Gasteiger charge is 2.13. The zero-order chi connectivity index (χ0) is 15.4. The van der Waals surface area contributed by atoms with Crippen molar-refractivity contribution in [3.05, 3.63) is 59.1 Å². The molecule has 21 heavy (non-hydrogen) atoms. The second kappa shape index (κ2) is 6.09. The molecule has 0 aliphatic rings. The summed E-state index contributed by atoms with van der Waals surface area (Å²) in [4.78, 5) is 22.5. The number of aliphatic carboxylic acids is 1. The molecule has 0 aliphatic carbocycles. The van der Waals surface area contributed by atoms with Gasteiger partial charge in [0, 0.05) is 5.69 Å². The first kappa shape index (κ1) is 14.6. The van der Waals surface area contributed by atoms with Gasteiger partial charge in [-0.2, -0.15) is 0 Å². The van der Waals surface area contributed by atoms with Gasteiger partial charge in [-0.25, -0.2) is 0 Å². The van der Waals surface area contributed by atoms with Crippen molar-refractivity contribution in [2.75, 3.05) is 5.32 Å². The molecule has 1 heterocycles. The molecule has 0 atom stereocenters. The molecule has 0 saturated carbocycles. The average Bonchev–Trinajstić information content (AvgIpc) is 2.76. The van der Waals surface area contributed by atoms with Crippen molar-refractivity contribution in [3.63, 3.8) is 0 Å². The van der Waals surface area contributed by atoms with Crippen LogP contribution in [0.1, 0.15) is 27.4 Å². The minimum Gasteiger partial charge on any atom is -0.545 e. The van der Waals surface area contributed by atoms with E-state index in [1.165, 1.54) is 6.08 Å². The number of amides is 1. The molecular weight excluding hydrogens is 270 g/mol. The number of carbonyl (C=O) groups excluding carboxylic acids is 2. The van der Waals surface area contributed by atoms with E-state index in [1.54, 1.807) is 44.2 Å². The zero-order valence-electron chi connectivity index (χ0n) is 11.7. The molecule has 0 spiro atoms. The Bertz CT molecular complexity index is 713. The molecule has 5 heteroatoms. The summed E-state index contributed by atoms with van der Waals surface area (Å²) in [5.74, 6) is -0.319. The number of hydrogen-bond donors (Lipinski definition) is 1. The van der Waals surface area contributed by atoms with Crippen LogP contribution < -0.4 is 10.4 Å². The Morgan fingerprint density at radius 2 is 2.00 bits per heavy atom. The van der Waals surface area contributed by atoms with Crippen molar-refractivity contribution in [2.45, 2.75) is 13.8 Å². The predicted molar refractivity (Wildman–Crippen MR) is 76.6 cm³/mol. The van der Waals surface area contributed by atoms with E-state index in [9.17, 15) is 14.7 Å². The molecule has 0 saturated heterocycles. The largest absolute Gasteiger partial charge is 0.545 e. The van der Waals surface area contributed by atoms with Gasteiger partial charge in [-0.3, -0.25) is 4.79 Å². The van der Waals surface area contributed by atoms with E-state index in [1.807, 2.05) is 0 Å². The van der Waals surface area contributed by atoms with Crippen LogP contribution in [0.4, 0.5) is 5.69 Å². The third kappa shape index (κ3) is 3.82. The summed E-state index contributed by atoms with van der Waals surface area (Å²) in [7, 11) is 0. The average molecular weight is 284 g/mol. The Hall–Kier alpha value is -2.82. The highest BCUT2D eigenvalue weighted by Crippen LogP contribution is 2.17. The van der Waals surface area contributed by atoms with Crippen molar-refractivity contribution in [1.29, 1.82) is 0 Å². The highest BCUT2D eigenvalue weighted by atomic mass is 16.4. The van der Waals surface area contributed by atoms with Gasteiger partial charge in [0.25, 0.3) is 5.91 Å². The van der Waals surface area contributed by atoms with Gasteiger partial charge in [0.05, 0.1) is 11.5 Å². The number of hydrogen-bond acceptors (Lipinski definition) is 4. The monoisotopic (exact) mass is 284 g/mol. The second-order valence-corrected chi connectivity index (χ2v) is 4.56. The Morgan fingerprint density at radius 1 is 1.24 bits per heavy atom. The van der Waals surface area contributed by atoms with Crippen LogP contribution in [0.5, 0.6) is 0 Å². The van der Waals surface area contributed by atoms with Gasteiger partial charge >= 0.3 is 0 Å². The normalized spacial score (nSPS) is 10.8. The fourth-order valence-electron chi connectivity index (χ4n) is 1.94. The van der Waals surface area contributed by atoms with E-state index in [-0.39, 0.29) is 5.91 Å². The van der Waals surface area contributed by atoms with Gasteiger partial charge in [-0.05, 0) is 43.7 Å². The zero-order valence-corrected chi connectivity index (χ0v) is 11.7. The Labute approximate surface area is 121 Å². The molecule has 0 aliphatic heterocycles. The lowest BCUT2D eigenvalue weighted by Crippen LogP contribution is -2.18. The molecule has 1 amide bonds. The van der Waals surface area contributed by atoms with E-state index in [0.29, 0.717) is 28.3 Å². The summed E-state index contributed by atoms with van der Waals surface area (Å²) in [5, 5.41) is 13.1. The lowest BCUT2D eigenvalue weighted by molar-refractivity contribution is -0.297. The van der Waals surface area contributed by atoms with Crippen molar-refractivity contribution in [3.8, 4) is 0 Å². The molecule has 0 fully saturated rings. The molecular formula is C16H14NO4-. The smallest absolute Gasteiger partial charge is 0.259 e. The van der Waals surface area contributed by atoms with Crippen LogP contribution in [0.3, 0.4) is 0 Å². The van der Waals surface area contributed by atoms with Crippen molar-refractivity contribution in [2.24, 2.45) is 0 Å². The number of nitrogens with one attached hydrogen (secondary N) is 1. The maximum atomic E-state index is 12.1. The third-order valence-electron chi connectivity index (χ3n) is 2.84. The number of carbonyl (C=O) groups is 2. The van der Waals surface area contributed by atoms with E-state index in [0.717, 1.165) is 6.08 Å². The third-order valence-corrected chi connectivity index (χ3v) is 2.84. The van der Waals surface area contributed by atoms with Crippen molar-refractivity contribution < 1.29 is 19.1 Å². The summed E-state index contributed by atoms with van der Waals surface area (Å²) in [6.45, 7) is 3.50. The molecule has 1 aromatic heterocycles. The summed E-state index contributed by atoms with van der Waals surface area (Å²) in [5.41, 5.74) is 1.69. The van der Waals surface area contributed by atoms with Gasteiger partial charge < -0.3 is 19.6 Å². The van der Waals surface area contributed by atoms with Gasteiger partial charge in [0.15, 0.2) is 0 Å². The highest BCUT2D eigenvalue weighted by molar-refractivity contribution is 6.05. The van der Waals surface area contributed by atoms with E-state index >= 15 is 0 Å². The molecule has 0 unspecified atom stereocenters. The maximum absolute atomic E-state index is 12.1. The minimum atomic E-state index is -1.27. The summed E-state index contributed by atoms with van der Waals surface area (Å²) < 4.78 is 5.32. The molecule has 2 rings (SSSR count). The van der Waals surface area contributed by atoms with Crippen molar-refractivity contribution >= 4 is 23.6 Å². The van der Waals surface area contributed by atoms with Crippen LogP contribution in [0.25, 0.3) is 6.08 Å². The quantitative estimate of drug-likeness (QED) is 0.869. The second-order valence-electron chi connectivity index (χ2n) is 4.56. The van der Waals surface area contributed by atoms with E-state index < -0.39 is 5.97 Å². The van der Waals surface area contributed by atoms with Crippen LogP contribution in [-0.2, 0) is 4.79 Å². The number of benzene rings is 1. The SMILES string of the molecule is Cc1cc(C(=O)Nc2cccc(/C=C/C(=O)[O-])c2)c(C)o1. The summed E-state index contributed by atoms with van der Waals surface area (Å²) in [6, 6.07) is 8.50. The van der Waals surface area contributed by atoms with Crippen LogP contribution in [0, 0.1) is 13.8 Å². The molecule has 1 N–H and O–H groups in total. The maximum Gasteiger partial charge on any atom is 0.259 e. The first-order valence-electron chi connectivity index (χ1n) is 6.33. The van der Waals surface area contributed by atoms with E-state index in [2.05, 4.69) is 5.32 Å². The van der Waals surface area contributed by atoms with Crippen LogP contribution in [0.2, 0.25) is 0 Å². The lowest BCUT2D eigenvalue weighted by Gasteiger charge is -2.05. The Balaban J connectivity index is 2.16. The Morgan fingerprint density at radius 3 is 2.62 bits per heavy atom. The van der Waals surface area contributed by atoms with Gasteiger partial charge in [-0.1, -0.05) is 18.2 Å². The lowest BCUT2D eigenvalue weighted by atomic mass is 10.1. The van der Waals surface area contributed by atoms with Crippen LogP contribution >= 0.6 is 0 Å². The number of carboxylic acid groups (broad SMARTS) is 1. The molecule has 2 aromatic rings.